The predicted molar refractivity (Wildman–Crippen MR) is 153 cm³/mol. The first-order valence-electron chi connectivity index (χ1n) is 14.7. The molecule has 1 rings (SSSR count). The van der Waals surface area contributed by atoms with E-state index in [0.29, 0.717) is 18.9 Å². The molecule has 1 amide bonds. The van der Waals surface area contributed by atoms with Crippen molar-refractivity contribution in [1.29, 1.82) is 0 Å². The Morgan fingerprint density at radius 1 is 0.771 bits per heavy atom. The first-order chi connectivity index (χ1) is 17.2. The lowest BCUT2D eigenvalue weighted by Gasteiger charge is -2.20. The van der Waals surface area contributed by atoms with Crippen LogP contribution >= 0.6 is 11.6 Å². The zero-order chi connectivity index (χ0) is 25.4. The summed E-state index contributed by atoms with van der Waals surface area (Å²) >= 11 is 5.77. The molecule has 3 nitrogen and oxygen atoms in total. The number of amides is 1. The van der Waals surface area contributed by atoms with Gasteiger partial charge in [-0.15, -0.1) is 11.6 Å². The van der Waals surface area contributed by atoms with Crippen LogP contribution in [0.1, 0.15) is 147 Å². The lowest BCUT2D eigenvalue weighted by molar-refractivity contribution is -0.118. The summed E-state index contributed by atoms with van der Waals surface area (Å²) < 4.78 is 6.02. The van der Waals surface area contributed by atoms with Crippen LogP contribution in [0, 0.1) is 0 Å². The second-order valence-corrected chi connectivity index (χ2v) is 10.6. The third-order valence-corrected chi connectivity index (χ3v) is 7.27. The van der Waals surface area contributed by atoms with Crippen molar-refractivity contribution in [1.82, 2.24) is 0 Å². The van der Waals surface area contributed by atoms with E-state index in [9.17, 15) is 4.79 Å². The molecule has 4 heteroatoms. The van der Waals surface area contributed by atoms with Crippen molar-refractivity contribution in [2.75, 3.05) is 12.5 Å². The summed E-state index contributed by atoms with van der Waals surface area (Å²) in [5.74, 6) is 1.46. The molecule has 2 N–H and O–H groups in total. The minimum atomic E-state index is -0.233. The van der Waals surface area contributed by atoms with E-state index in [1.807, 2.05) is 18.2 Å². The number of halogens is 1. The van der Waals surface area contributed by atoms with Crippen LogP contribution < -0.4 is 10.5 Å². The van der Waals surface area contributed by atoms with Gasteiger partial charge in [-0.25, -0.2) is 0 Å². The molecule has 0 aromatic heterocycles. The monoisotopic (exact) mass is 507 g/mol. The van der Waals surface area contributed by atoms with Gasteiger partial charge in [-0.05, 0) is 36.8 Å². The zero-order valence-electron chi connectivity index (χ0n) is 22.7. The summed E-state index contributed by atoms with van der Waals surface area (Å²) in [5, 5.41) is 0. The number of carbonyl (C=O) groups excluding carboxylic acids is 1. The molecule has 202 valence electrons. The molecule has 0 radical (unpaired) electrons. The number of unbranched alkanes of at least 4 members (excludes halogenated alkanes) is 16. The van der Waals surface area contributed by atoms with Crippen molar-refractivity contribution in [3.05, 3.63) is 29.8 Å². The molecule has 0 aliphatic rings. The second kappa shape index (κ2) is 23.2. The van der Waals surface area contributed by atoms with Gasteiger partial charge in [0.15, 0.2) is 0 Å². The minimum Gasteiger partial charge on any atom is -0.493 e. The fourth-order valence-corrected chi connectivity index (χ4v) is 5.07. The van der Waals surface area contributed by atoms with Crippen LogP contribution in [0.3, 0.4) is 0 Å². The first kappa shape index (κ1) is 31.8. The number of primary amides is 1. The highest BCUT2D eigenvalue weighted by Crippen LogP contribution is 2.33. The average Bonchev–Trinajstić information content (AvgIpc) is 2.85. The van der Waals surface area contributed by atoms with Crippen LogP contribution in [-0.4, -0.2) is 18.4 Å². The molecule has 0 aliphatic heterocycles. The molecule has 0 aliphatic carbocycles. The summed E-state index contributed by atoms with van der Waals surface area (Å²) in [6, 6.07) is 8.13. The summed E-state index contributed by atoms with van der Waals surface area (Å²) in [6.07, 6.45) is 25.2. The topological polar surface area (TPSA) is 52.3 Å². The number of rotatable bonds is 25. The van der Waals surface area contributed by atoms with Gasteiger partial charge in [-0.2, -0.15) is 0 Å². The molecule has 1 atom stereocenters. The second-order valence-electron chi connectivity index (χ2n) is 10.2. The molecule has 0 bridgehead atoms. The fourth-order valence-electron chi connectivity index (χ4n) is 4.88. The quantitative estimate of drug-likeness (QED) is 0.106. The number of hydrogen-bond acceptors (Lipinski definition) is 2. The van der Waals surface area contributed by atoms with E-state index in [2.05, 4.69) is 13.0 Å². The smallest absolute Gasteiger partial charge is 0.218 e. The van der Waals surface area contributed by atoms with Gasteiger partial charge in [-0.1, -0.05) is 128 Å². The maximum absolute atomic E-state index is 11.7. The third-order valence-electron chi connectivity index (χ3n) is 7.00. The van der Waals surface area contributed by atoms with Crippen LogP contribution in [0.4, 0.5) is 0 Å². The van der Waals surface area contributed by atoms with Crippen molar-refractivity contribution in [3.63, 3.8) is 0 Å². The van der Waals surface area contributed by atoms with Crippen LogP contribution in [0.25, 0.3) is 0 Å². The molecule has 0 fully saturated rings. The van der Waals surface area contributed by atoms with Crippen LogP contribution in [0.15, 0.2) is 24.3 Å². The van der Waals surface area contributed by atoms with Gasteiger partial charge in [0.05, 0.1) is 6.61 Å². The molecule has 35 heavy (non-hydrogen) atoms. The van der Waals surface area contributed by atoms with E-state index in [0.717, 1.165) is 37.0 Å². The Bertz CT molecular complexity index is 622. The molecule has 0 spiro atoms. The van der Waals surface area contributed by atoms with Gasteiger partial charge in [0.2, 0.25) is 5.91 Å². The highest BCUT2D eigenvalue weighted by Gasteiger charge is 2.18. The van der Waals surface area contributed by atoms with Crippen molar-refractivity contribution in [2.24, 2.45) is 5.73 Å². The van der Waals surface area contributed by atoms with Gasteiger partial charge in [0.1, 0.15) is 5.75 Å². The summed E-state index contributed by atoms with van der Waals surface area (Å²) in [4.78, 5) is 11.7. The Morgan fingerprint density at radius 2 is 1.29 bits per heavy atom. The normalized spacial score (nSPS) is 12.1. The van der Waals surface area contributed by atoms with E-state index in [-0.39, 0.29) is 11.8 Å². The minimum absolute atomic E-state index is 0.142. The molecular weight excluding hydrogens is 454 g/mol. The molecule has 0 saturated heterocycles. The van der Waals surface area contributed by atoms with Crippen molar-refractivity contribution in [3.8, 4) is 5.75 Å². The van der Waals surface area contributed by atoms with Crippen LogP contribution in [0.5, 0.6) is 5.75 Å². The number of ether oxygens (including phenoxy) is 1. The third kappa shape index (κ3) is 17.8. The average molecular weight is 508 g/mol. The van der Waals surface area contributed by atoms with Crippen LogP contribution in [-0.2, 0) is 4.79 Å². The van der Waals surface area contributed by atoms with Crippen molar-refractivity contribution in [2.45, 2.75) is 141 Å². The highest BCUT2D eigenvalue weighted by molar-refractivity contribution is 6.17. The summed E-state index contributed by atoms with van der Waals surface area (Å²) in [5.41, 5.74) is 6.71. The molecule has 1 unspecified atom stereocenters. The Kier molecular flexibility index (Phi) is 21.1. The lowest BCUT2D eigenvalue weighted by atomic mass is 9.89. The number of para-hydroxylation sites is 1. The van der Waals surface area contributed by atoms with Gasteiger partial charge in [-0.3, -0.25) is 4.79 Å². The fraction of sp³-hybridized carbons (Fsp3) is 0.774. The lowest BCUT2D eigenvalue weighted by Crippen LogP contribution is -2.16. The number of hydrogen-bond donors (Lipinski definition) is 1. The summed E-state index contributed by atoms with van der Waals surface area (Å²) in [7, 11) is 0. The van der Waals surface area contributed by atoms with E-state index in [4.69, 9.17) is 22.1 Å². The molecular formula is C31H54ClNO2. The van der Waals surface area contributed by atoms with Crippen molar-refractivity contribution < 1.29 is 9.53 Å². The molecule has 0 heterocycles. The number of benzene rings is 1. The zero-order valence-corrected chi connectivity index (χ0v) is 23.5. The van der Waals surface area contributed by atoms with E-state index in [1.165, 1.54) is 96.3 Å². The van der Waals surface area contributed by atoms with E-state index in [1.54, 1.807) is 0 Å². The number of carbonyl (C=O) groups is 1. The molecule has 1 aromatic rings. The maximum Gasteiger partial charge on any atom is 0.218 e. The molecule has 0 saturated carbocycles. The molecule has 1 aromatic carbocycles. The van der Waals surface area contributed by atoms with Gasteiger partial charge >= 0.3 is 0 Å². The van der Waals surface area contributed by atoms with Gasteiger partial charge in [0.25, 0.3) is 0 Å². The van der Waals surface area contributed by atoms with Gasteiger partial charge in [0, 0.05) is 12.3 Å². The summed E-state index contributed by atoms with van der Waals surface area (Å²) in [6.45, 7) is 2.94. The Hall–Kier alpha value is -1.22. The van der Waals surface area contributed by atoms with E-state index < -0.39 is 0 Å². The SMILES string of the molecule is CCCCCCCCCCCCCCCCCCC(CC(N)=O)c1ccccc1OCCCCCl. The van der Waals surface area contributed by atoms with Gasteiger partial charge < -0.3 is 10.5 Å². The largest absolute Gasteiger partial charge is 0.493 e. The Labute approximate surface area is 221 Å². The Morgan fingerprint density at radius 3 is 1.80 bits per heavy atom. The standard InChI is InChI=1S/C31H54ClNO2/c1-2-3-4-5-6-7-8-9-10-11-12-13-14-15-16-17-22-28(27-31(33)34)29-23-18-19-24-30(29)35-26-21-20-25-32/h18-19,23-24,28H,2-17,20-22,25-27H2,1H3,(H2,33,34). The van der Waals surface area contributed by atoms with Crippen molar-refractivity contribution >= 4 is 17.5 Å². The van der Waals surface area contributed by atoms with E-state index >= 15 is 0 Å². The maximum atomic E-state index is 11.7. The van der Waals surface area contributed by atoms with Crippen LogP contribution in [0.2, 0.25) is 0 Å². The number of alkyl halides is 1. The first-order valence-corrected chi connectivity index (χ1v) is 15.3. The Balaban J connectivity index is 2.16. The predicted octanol–water partition coefficient (Wildman–Crippen LogP) is 9.70. The number of nitrogens with two attached hydrogens (primary N) is 1. The highest BCUT2D eigenvalue weighted by atomic mass is 35.5.